The number of carbonyl (C=O) groups excluding carboxylic acids is 4. The minimum atomic E-state index is -2.03. The number of aromatic nitrogens is 2. The number of anilines is 2. The van der Waals surface area contributed by atoms with Crippen LogP contribution in [-0.4, -0.2) is 94.1 Å². The Balaban J connectivity index is 1.18. The molecule has 1 spiro atoms. The van der Waals surface area contributed by atoms with Gasteiger partial charge >= 0.3 is 12.0 Å². The summed E-state index contributed by atoms with van der Waals surface area (Å²) in [4.78, 5) is 80.5. The Labute approximate surface area is 430 Å². The zero-order chi connectivity index (χ0) is 50.8. The number of esters is 1. The number of carbonyl (C=O) groups is 4. The van der Waals surface area contributed by atoms with Crippen molar-refractivity contribution in [1.29, 1.82) is 0 Å². The number of fused-ring (bicyclic) bond motifs is 3. The van der Waals surface area contributed by atoms with Crippen molar-refractivity contribution >= 4 is 35.5 Å². The first-order valence-electron chi connectivity index (χ1n) is 25.5. The van der Waals surface area contributed by atoms with Crippen molar-refractivity contribution in [3.05, 3.63) is 197 Å². The van der Waals surface area contributed by atoms with Gasteiger partial charge in [-0.3, -0.25) is 19.3 Å². The maximum absolute atomic E-state index is 17.0. The molecule has 0 radical (unpaired) electrons. The van der Waals surface area contributed by atoms with Gasteiger partial charge in [-0.2, -0.15) is 0 Å². The van der Waals surface area contributed by atoms with Gasteiger partial charge in [0.25, 0.3) is 0 Å². The SMILES string of the molecule is C[C@@H](NC(=O)N1C(=O)[C@@]2(c3cc(C#CC4=CCCCC4)ccc31)[C@H](c1ccccc1OCCO)N1[C@H](c3ccccc3)[C@H](c3ccccc3)OC(=O)[C@H]1[C@@H]2C(=O)N1CCN(c2ncccn2)CC1)c1ccccc1. The van der Waals surface area contributed by atoms with Crippen molar-refractivity contribution in [2.24, 2.45) is 5.92 Å². The summed E-state index contributed by atoms with van der Waals surface area (Å²) in [7, 11) is 0. The monoisotopic (exact) mass is 987 g/mol. The first kappa shape index (κ1) is 48.2. The number of morpholine rings is 1. The van der Waals surface area contributed by atoms with Gasteiger partial charge in [0.2, 0.25) is 17.8 Å². The number of allylic oxidation sites excluding steroid dienone is 2. The first-order chi connectivity index (χ1) is 36.3. The molecule has 11 rings (SSSR count). The molecule has 74 heavy (non-hydrogen) atoms. The van der Waals surface area contributed by atoms with Crippen molar-refractivity contribution in [2.45, 2.75) is 68.3 Å². The van der Waals surface area contributed by atoms with E-state index in [1.807, 2.05) is 138 Å². The molecule has 5 aliphatic rings. The smallest absolute Gasteiger partial charge is 0.329 e. The Kier molecular flexibility index (Phi) is 13.5. The average molecular weight is 988 g/mol. The Bertz CT molecular complexity index is 3140. The van der Waals surface area contributed by atoms with Gasteiger partial charge in [0, 0.05) is 49.7 Å². The van der Waals surface area contributed by atoms with Gasteiger partial charge in [0.1, 0.15) is 29.9 Å². The van der Waals surface area contributed by atoms with Gasteiger partial charge in [0.15, 0.2) is 0 Å². The summed E-state index contributed by atoms with van der Waals surface area (Å²) in [6.07, 6.45) is 8.52. The lowest BCUT2D eigenvalue weighted by molar-refractivity contribution is -0.179. The van der Waals surface area contributed by atoms with Crippen LogP contribution in [0.2, 0.25) is 0 Å². The fourth-order valence-electron chi connectivity index (χ4n) is 11.9. The summed E-state index contributed by atoms with van der Waals surface area (Å²) in [5.41, 5.74) is 3.00. The van der Waals surface area contributed by atoms with Crippen molar-refractivity contribution in [3.8, 4) is 17.6 Å². The molecule has 3 saturated heterocycles. The number of imide groups is 1. The van der Waals surface area contributed by atoms with Crippen LogP contribution in [0.15, 0.2) is 164 Å². The van der Waals surface area contributed by atoms with E-state index in [2.05, 4.69) is 33.2 Å². The molecule has 7 atom stereocenters. The van der Waals surface area contributed by atoms with Gasteiger partial charge in [-0.25, -0.2) is 19.7 Å². The maximum Gasteiger partial charge on any atom is 0.329 e. The molecule has 14 nitrogen and oxygen atoms in total. The van der Waals surface area contributed by atoms with Crippen LogP contribution in [0.25, 0.3) is 0 Å². The molecule has 0 bridgehead atoms. The van der Waals surface area contributed by atoms with Crippen LogP contribution in [0.3, 0.4) is 0 Å². The quantitative estimate of drug-likeness (QED) is 0.101. The highest BCUT2D eigenvalue weighted by Crippen LogP contribution is 2.67. The molecule has 3 fully saturated rings. The van der Waals surface area contributed by atoms with Crippen LogP contribution < -0.4 is 19.9 Å². The molecule has 2 N–H and O–H groups in total. The van der Waals surface area contributed by atoms with Gasteiger partial charge in [-0.15, -0.1) is 0 Å². The lowest BCUT2D eigenvalue weighted by Crippen LogP contribution is -2.59. The summed E-state index contributed by atoms with van der Waals surface area (Å²) in [5.74, 6) is 4.36. The fraction of sp³-hybridized carbons (Fsp3) is 0.300. The summed E-state index contributed by atoms with van der Waals surface area (Å²) in [6, 6.07) is 38.5. The molecular formula is C60H57N7O7. The summed E-state index contributed by atoms with van der Waals surface area (Å²) in [5, 5.41) is 13.3. The number of nitrogens with zero attached hydrogens (tertiary/aromatic N) is 6. The fourth-order valence-corrected chi connectivity index (χ4v) is 11.9. The van der Waals surface area contributed by atoms with Gasteiger partial charge in [-0.05, 0) is 90.8 Å². The number of cyclic esters (lactones) is 1. The summed E-state index contributed by atoms with van der Waals surface area (Å²) >= 11 is 0. The number of para-hydroxylation sites is 1. The lowest BCUT2D eigenvalue weighted by atomic mass is 9.64. The van der Waals surface area contributed by atoms with Crippen molar-refractivity contribution < 1.29 is 33.8 Å². The van der Waals surface area contributed by atoms with E-state index in [1.165, 1.54) is 4.90 Å². The molecule has 1 aliphatic carbocycles. The number of urea groups is 1. The van der Waals surface area contributed by atoms with Crippen LogP contribution >= 0.6 is 0 Å². The third-order valence-electron chi connectivity index (χ3n) is 15.2. The van der Waals surface area contributed by atoms with Gasteiger partial charge in [0.05, 0.1) is 36.3 Å². The Morgan fingerprint density at radius 2 is 1.50 bits per heavy atom. The molecule has 14 heteroatoms. The van der Waals surface area contributed by atoms with E-state index < -0.39 is 65.4 Å². The number of piperazine rings is 1. The second kappa shape index (κ2) is 20.8. The maximum atomic E-state index is 17.0. The van der Waals surface area contributed by atoms with Crippen molar-refractivity contribution in [1.82, 2.24) is 25.1 Å². The first-order valence-corrected chi connectivity index (χ1v) is 25.5. The second-order valence-electron chi connectivity index (χ2n) is 19.4. The summed E-state index contributed by atoms with van der Waals surface area (Å²) in [6.45, 7) is 2.67. The molecule has 0 unspecified atom stereocenters. The van der Waals surface area contributed by atoms with E-state index >= 15 is 19.2 Å². The second-order valence-corrected chi connectivity index (χ2v) is 19.4. The molecule has 4 amide bonds. The van der Waals surface area contributed by atoms with E-state index in [1.54, 1.807) is 35.5 Å². The van der Waals surface area contributed by atoms with Crippen LogP contribution in [0.4, 0.5) is 16.4 Å². The molecule has 5 aromatic carbocycles. The largest absolute Gasteiger partial charge is 0.491 e. The normalized spacial score (nSPS) is 23.7. The van der Waals surface area contributed by atoms with Crippen LogP contribution in [0.1, 0.15) is 90.2 Å². The minimum absolute atomic E-state index is 0.0826. The molecule has 5 heterocycles. The summed E-state index contributed by atoms with van der Waals surface area (Å²) < 4.78 is 13.2. The third-order valence-corrected chi connectivity index (χ3v) is 15.2. The van der Waals surface area contributed by atoms with E-state index in [0.29, 0.717) is 47.0 Å². The lowest BCUT2D eigenvalue weighted by Gasteiger charge is -2.46. The third kappa shape index (κ3) is 8.65. The zero-order valence-corrected chi connectivity index (χ0v) is 41.1. The zero-order valence-electron chi connectivity index (χ0n) is 41.1. The molecular weight excluding hydrogens is 931 g/mol. The molecule has 6 aromatic rings. The predicted octanol–water partition coefficient (Wildman–Crippen LogP) is 8.18. The number of nitrogens with one attached hydrogen (secondary N) is 1. The number of amides is 4. The van der Waals surface area contributed by atoms with Crippen LogP contribution in [0, 0.1) is 17.8 Å². The Morgan fingerprint density at radius 1 is 0.811 bits per heavy atom. The number of hydrogen-bond acceptors (Lipinski definition) is 11. The Hall–Kier alpha value is -8.12. The number of aliphatic hydroxyl groups excluding tert-OH is 1. The average Bonchev–Trinajstić information content (AvgIpc) is 3.97. The highest BCUT2D eigenvalue weighted by molar-refractivity contribution is 6.24. The van der Waals surface area contributed by atoms with Crippen LogP contribution in [-0.2, 0) is 24.5 Å². The number of rotatable bonds is 10. The minimum Gasteiger partial charge on any atom is -0.491 e. The predicted molar refractivity (Wildman–Crippen MR) is 279 cm³/mol. The number of ether oxygens (including phenoxy) is 2. The molecule has 4 aliphatic heterocycles. The van der Waals surface area contributed by atoms with Crippen molar-refractivity contribution in [2.75, 3.05) is 49.2 Å². The van der Waals surface area contributed by atoms with E-state index in [0.717, 1.165) is 42.4 Å². The highest BCUT2D eigenvalue weighted by Gasteiger charge is 2.76. The molecule has 1 aromatic heterocycles. The topological polar surface area (TPSA) is 158 Å². The van der Waals surface area contributed by atoms with E-state index in [-0.39, 0.29) is 32.0 Å². The number of aliphatic hydroxyl groups is 1. The van der Waals surface area contributed by atoms with Crippen LogP contribution in [0.5, 0.6) is 5.75 Å². The molecule has 374 valence electrons. The molecule has 0 saturated carbocycles. The number of hydrogen-bond donors (Lipinski definition) is 2. The van der Waals surface area contributed by atoms with Gasteiger partial charge in [-0.1, -0.05) is 127 Å². The highest BCUT2D eigenvalue weighted by atomic mass is 16.6. The standard InChI is InChI=1S/C60H57N7O7/c1-40(43-19-8-3-9-20-43)63-59(72)66-48-30-29-42(28-27-41-17-6-2-7-18-41)39-47(48)60(57(66)71)50(55(69)64-33-35-65(36-34-64)58-61-31-16-32-62-58)52-56(70)74-53(45-23-12-5-13-24-45)51(44-21-10-4-11-22-44)67(52)54(60)46-25-14-15-26-49(46)73-38-37-68/h3-5,8-17,19-26,29-32,39-40,50-54,68H,2,6-7,18,33-38H2,1H3,(H,63,72)/t40-,50-,51-,52-,53+,54+,60-/m1/s1. The van der Waals surface area contributed by atoms with E-state index in [9.17, 15) is 5.11 Å². The Morgan fingerprint density at radius 3 is 2.20 bits per heavy atom. The van der Waals surface area contributed by atoms with Gasteiger partial charge < -0.3 is 29.7 Å². The van der Waals surface area contributed by atoms with Crippen molar-refractivity contribution in [3.63, 3.8) is 0 Å². The van der Waals surface area contributed by atoms with E-state index in [4.69, 9.17) is 9.47 Å². The number of benzene rings is 5.